The number of carbonyl (C=O) groups excluding carboxylic acids is 3. The lowest BCUT2D eigenvalue weighted by molar-refractivity contribution is -0.140. The lowest BCUT2D eigenvalue weighted by Gasteiger charge is -2.27. The molecule has 0 saturated carbocycles. The highest BCUT2D eigenvalue weighted by atomic mass is 16.2. The summed E-state index contributed by atoms with van der Waals surface area (Å²) in [5, 5.41) is 9.50. The number of aromatic nitrogens is 2. The van der Waals surface area contributed by atoms with Gasteiger partial charge in [-0.15, -0.1) is 0 Å². The highest BCUT2D eigenvalue weighted by molar-refractivity contribution is 6.08. The predicted molar refractivity (Wildman–Crippen MR) is 87.8 cm³/mol. The van der Waals surface area contributed by atoms with E-state index in [0.29, 0.717) is 0 Å². The summed E-state index contributed by atoms with van der Waals surface area (Å²) in [6.07, 6.45) is 3.90. The van der Waals surface area contributed by atoms with Gasteiger partial charge in [-0.25, -0.2) is 9.48 Å². The molecule has 1 aliphatic carbocycles. The Labute approximate surface area is 144 Å². The Morgan fingerprint density at radius 2 is 2.08 bits per heavy atom. The van der Waals surface area contributed by atoms with Crippen molar-refractivity contribution in [1.82, 2.24) is 25.3 Å². The van der Waals surface area contributed by atoms with Crippen molar-refractivity contribution < 1.29 is 14.4 Å². The average Bonchev–Trinajstić information content (AvgIpc) is 2.60. The number of imide groups is 1. The predicted octanol–water partition coefficient (Wildman–Crippen LogP) is -0.964. The molecule has 1 aromatic heterocycles. The molecule has 1 atom stereocenters. The van der Waals surface area contributed by atoms with Crippen molar-refractivity contribution in [3.8, 4) is 0 Å². The van der Waals surface area contributed by atoms with Crippen LogP contribution >= 0.6 is 0 Å². The molecule has 1 fully saturated rings. The fourth-order valence-corrected chi connectivity index (χ4v) is 3.10. The molecule has 0 spiro atoms. The van der Waals surface area contributed by atoms with Gasteiger partial charge in [0.15, 0.2) is 0 Å². The van der Waals surface area contributed by atoms with Crippen molar-refractivity contribution in [2.24, 2.45) is 5.92 Å². The topological polar surface area (TPSA) is 113 Å². The highest BCUT2D eigenvalue weighted by Gasteiger charge is 2.36. The van der Waals surface area contributed by atoms with Gasteiger partial charge in [0, 0.05) is 26.2 Å². The number of hydrogen-bond donors (Lipinski definition) is 2. The van der Waals surface area contributed by atoms with Crippen LogP contribution in [-0.2, 0) is 29.0 Å². The SMILES string of the molecule is CN1C(=O)NCC(C(=O)NCCn2nc3c(cc2=O)CCCC3)C1=O. The Kier molecular flexibility index (Phi) is 4.82. The van der Waals surface area contributed by atoms with E-state index in [-0.39, 0.29) is 25.2 Å². The van der Waals surface area contributed by atoms with Crippen LogP contribution in [0.1, 0.15) is 24.1 Å². The molecular formula is C16H21N5O4. The molecule has 4 amide bonds. The van der Waals surface area contributed by atoms with E-state index in [0.717, 1.165) is 41.8 Å². The van der Waals surface area contributed by atoms with E-state index in [1.54, 1.807) is 6.07 Å². The maximum atomic E-state index is 12.2. The zero-order chi connectivity index (χ0) is 18.0. The quantitative estimate of drug-likeness (QED) is 0.681. The van der Waals surface area contributed by atoms with Crippen LogP contribution in [0.3, 0.4) is 0 Å². The van der Waals surface area contributed by atoms with Crippen molar-refractivity contribution in [2.45, 2.75) is 32.2 Å². The minimum absolute atomic E-state index is 0.0229. The average molecular weight is 347 g/mol. The number of nitrogens with zero attached hydrogens (tertiary/aromatic N) is 3. The second-order valence-corrected chi connectivity index (χ2v) is 6.31. The second-order valence-electron chi connectivity index (χ2n) is 6.31. The summed E-state index contributed by atoms with van der Waals surface area (Å²) in [5.74, 6) is -1.95. The van der Waals surface area contributed by atoms with Crippen LogP contribution in [0.2, 0.25) is 0 Å². The molecule has 0 aromatic carbocycles. The molecule has 1 aliphatic heterocycles. The molecule has 2 heterocycles. The van der Waals surface area contributed by atoms with Crippen molar-refractivity contribution >= 4 is 17.8 Å². The van der Waals surface area contributed by atoms with Crippen molar-refractivity contribution in [1.29, 1.82) is 0 Å². The molecule has 3 rings (SSSR count). The summed E-state index contributed by atoms with van der Waals surface area (Å²) in [6, 6.07) is 1.11. The van der Waals surface area contributed by atoms with Crippen molar-refractivity contribution in [3.63, 3.8) is 0 Å². The van der Waals surface area contributed by atoms with Gasteiger partial charge in [-0.1, -0.05) is 0 Å². The zero-order valence-corrected chi connectivity index (χ0v) is 14.1. The molecule has 2 N–H and O–H groups in total. The maximum Gasteiger partial charge on any atom is 0.323 e. The Morgan fingerprint density at radius 3 is 2.88 bits per heavy atom. The third-order valence-corrected chi connectivity index (χ3v) is 4.60. The Balaban J connectivity index is 1.58. The van der Waals surface area contributed by atoms with Gasteiger partial charge in [0.05, 0.1) is 12.2 Å². The molecule has 9 nitrogen and oxygen atoms in total. The zero-order valence-electron chi connectivity index (χ0n) is 14.1. The number of carbonyl (C=O) groups is 3. The van der Waals surface area contributed by atoms with E-state index in [4.69, 9.17) is 0 Å². The summed E-state index contributed by atoms with van der Waals surface area (Å²) >= 11 is 0. The summed E-state index contributed by atoms with van der Waals surface area (Å²) in [4.78, 5) is 48.4. The standard InChI is InChI=1S/C16H21N5O4/c1-20-15(24)11(9-18-16(20)25)14(23)17-6-7-21-13(22)8-10-4-2-3-5-12(10)19-21/h8,11H,2-7,9H2,1H3,(H,17,23)(H,18,25). The fraction of sp³-hybridized carbons (Fsp3) is 0.562. The molecule has 1 saturated heterocycles. The lowest BCUT2D eigenvalue weighted by Crippen LogP contribution is -2.57. The third kappa shape index (κ3) is 3.54. The van der Waals surface area contributed by atoms with Gasteiger partial charge in [0.25, 0.3) is 5.56 Å². The van der Waals surface area contributed by atoms with Gasteiger partial charge >= 0.3 is 6.03 Å². The summed E-state index contributed by atoms with van der Waals surface area (Å²) in [7, 11) is 1.33. The van der Waals surface area contributed by atoms with E-state index in [2.05, 4.69) is 15.7 Å². The summed E-state index contributed by atoms with van der Waals surface area (Å²) < 4.78 is 1.35. The van der Waals surface area contributed by atoms with Gasteiger partial charge in [-0.05, 0) is 31.2 Å². The van der Waals surface area contributed by atoms with Gasteiger partial charge in [-0.3, -0.25) is 19.3 Å². The van der Waals surface area contributed by atoms with Crippen LogP contribution in [0.4, 0.5) is 4.79 Å². The fourth-order valence-electron chi connectivity index (χ4n) is 3.10. The molecule has 0 radical (unpaired) electrons. The lowest BCUT2D eigenvalue weighted by atomic mass is 9.97. The highest BCUT2D eigenvalue weighted by Crippen LogP contribution is 2.16. The number of fused-ring (bicyclic) bond motifs is 1. The van der Waals surface area contributed by atoms with E-state index in [9.17, 15) is 19.2 Å². The Bertz CT molecular complexity index is 772. The molecule has 9 heteroatoms. The second kappa shape index (κ2) is 7.04. The first kappa shape index (κ1) is 17.1. The molecule has 1 unspecified atom stereocenters. The van der Waals surface area contributed by atoms with Crippen LogP contribution in [0.15, 0.2) is 10.9 Å². The minimum Gasteiger partial charge on any atom is -0.353 e. The van der Waals surface area contributed by atoms with Gasteiger partial charge in [-0.2, -0.15) is 5.10 Å². The number of aryl methyl sites for hydroxylation is 2. The Hall–Kier alpha value is -2.71. The maximum absolute atomic E-state index is 12.2. The smallest absolute Gasteiger partial charge is 0.323 e. The summed E-state index contributed by atoms with van der Waals surface area (Å²) in [5.41, 5.74) is 1.78. The summed E-state index contributed by atoms with van der Waals surface area (Å²) in [6.45, 7) is 0.401. The molecule has 2 aliphatic rings. The van der Waals surface area contributed by atoms with Crippen molar-refractivity contribution in [2.75, 3.05) is 20.1 Å². The molecule has 1 aromatic rings. The molecule has 0 bridgehead atoms. The van der Waals surface area contributed by atoms with E-state index >= 15 is 0 Å². The number of urea groups is 1. The number of hydrogen-bond acceptors (Lipinski definition) is 5. The first-order valence-corrected chi connectivity index (χ1v) is 8.40. The van der Waals surface area contributed by atoms with Crippen LogP contribution in [0, 0.1) is 5.92 Å². The normalized spacial score (nSPS) is 20.0. The molecule has 25 heavy (non-hydrogen) atoms. The first-order chi connectivity index (χ1) is 12.0. The van der Waals surface area contributed by atoms with Crippen LogP contribution < -0.4 is 16.2 Å². The van der Waals surface area contributed by atoms with Crippen LogP contribution in [0.25, 0.3) is 0 Å². The van der Waals surface area contributed by atoms with Gasteiger partial charge < -0.3 is 10.6 Å². The van der Waals surface area contributed by atoms with E-state index in [1.165, 1.54) is 11.7 Å². The molecule has 134 valence electrons. The minimum atomic E-state index is -0.948. The first-order valence-electron chi connectivity index (χ1n) is 8.40. The largest absolute Gasteiger partial charge is 0.353 e. The number of nitrogens with one attached hydrogen (secondary N) is 2. The third-order valence-electron chi connectivity index (χ3n) is 4.60. The van der Waals surface area contributed by atoms with E-state index in [1.807, 2.05) is 0 Å². The van der Waals surface area contributed by atoms with Crippen LogP contribution in [-0.4, -0.2) is 52.7 Å². The van der Waals surface area contributed by atoms with Crippen LogP contribution in [0.5, 0.6) is 0 Å². The Morgan fingerprint density at radius 1 is 1.32 bits per heavy atom. The van der Waals surface area contributed by atoms with Gasteiger partial charge in [0.2, 0.25) is 11.8 Å². The van der Waals surface area contributed by atoms with E-state index < -0.39 is 23.8 Å². The number of amides is 4. The molecular weight excluding hydrogens is 326 g/mol. The van der Waals surface area contributed by atoms with Gasteiger partial charge in [0.1, 0.15) is 5.92 Å². The van der Waals surface area contributed by atoms with Crippen molar-refractivity contribution in [3.05, 3.63) is 27.7 Å². The monoisotopic (exact) mass is 347 g/mol. The number of rotatable bonds is 4.